The molecule has 1 heterocycles. The second-order valence-electron chi connectivity index (χ2n) is 5.52. The molecule has 0 aliphatic heterocycles. The Balaban J connectivity index is 2.59. The molecule has 98 valence electrons. The maximum Gasteiger partial charge on any atom is 0.0518 e. The largest absolute Gasteiger partial charge is 0.344 e. The molecule has 0 fully saturated rings. The summed E-state index contributed by atoms with van der Waals surface area (Å²) < 4.78 is 2.41. The third-order valence-corrected chi connectivity index (χ3v) is 3.71. The first-order valence-corrected chi connectivity index (χ1v) is 6.81. The van der Waals surface area contributed by atoms with Crippen molar-refractivity contribution in [3.63, 3.8) is 0 Å². The van der Waals surface area contributed by atoms with Crippen molar-refractivity contribution in [2.45, 2.75) is 46.2 Å². The van der Waals surface area contributed by atoms with Gasteiger partial charge in [-0.2, -0.15) is 0 Å². The molecular weight excluding hydrogens is 220 g/mol. The molecule has 18 heavy (non-hydrogen) atoms. The Morgan fingerprint density at radius 3 is 2.56 bits per heavy atom. The Morgan fingerprint density at radius 2 is 1.94 bits per heavy atom. The molecule has 0 saturated carbocycles. The Kier molecular flexibility index (Phi) is 3.76. The highest BCUT2D eigenvalue weighted by Gasteiger charge is 2.13. The summed E-state index contributed by atoms with van der Waals surface area (Å²) in [5, 5.41) is 4.72. The first-order valence-electron chi connectivity index (χ1n) is 6.81. The maximum absolute atomic E-state index is 3.32. The minimum atomic E-state index is 0.506. The Hall–Kier alpha value is -1.28. The lowest BCUT2D eigenvalue weighted by Crippen LogP contribution is -2.23. The van der Waals surface area contributed by atoms with Gasteiger partial charge in [0.05, 0.1) is 5.52 Å². The first kappa shape index (κ1) is 13.2. The highest BCUT2D eigenvalue weighted by Crippen LogP contribution is 2.27. The van der Waals surface area contributed by atoms with Crippen molar-refractivity contribution in [3.05, 3.63) is 35.5 Å². The van der Waals surface area contributed by atoms with Gasteiger partial charge in [-0.05, 0) is 52.3 Å². The number of benzene rings is 1. The fraction of sp³-hybridized carbons (Fsp3) is 0.500. The summed E-state index contributed by atoms with van der Waals surface area (Å²) in [4.78, 5) is 0. The fourth-order valence-electron chi connectivity index (χ4n) is 2.56. The van der Waals surface area contributed by atoms with Gasteiger partial charge < -0.3 is 9.88 Å². The van der Waals surface area contributed by atoms with Gasteiger partial charge in [-0.15, -0.1) is 0 Å². The van der Waals surface area contributed by atoms with Crippen molar-refractivity contribution in [1.82, 2.24) is 9.88 Å². The van der Waals surface area contributed by atoms with Crippen molar-refractivity contribution in [3.8, 4) is 0 Å². The summed E-state index contributed by atoms with van der Waals surface area (Å²) in [6.45, 7) is 8.93. The summed E-state index contributed by atoms with van der Waals surface area (Å²) in [7, 11) is 2.03. The van der Waals surface area contributed by atoms with Gasteiger partial charge in [-0.3, -0.25) is 0 Å². The van der Waals surface area contributed by atoms with Crippen LogP contribution in [0.2, 0.25) is 0 Å². The zero-order valence-electron chi connectivity index (χ0n) is 12.1. The Morgan fingerprint density at radius 1 is 1.22 bits per heavy atom. The molecular formula is C16H24N2. The normalized spacial score (nSPS) is 13.4. The molecule has 2 heteroatoms. The summed E-state index contributed by atoms with van der Waals surface area (Å²) in [6, 6.07) is 7.68. The summed E-state index contributed by atoms with van der Waals surface area (Å²) >= 11 is 0. The van der Waals surface area contributed by atoms with Crippen LogP contribution in [0.4, 0.5) is 0 Å². The molecule has 1 aromatic carbocycles. The summed E-state index contributed by atoms with van der Waals surface area (Å²) in [6.07, 6.45) is 3.35. The van der Waals surface area contributed by atoms with E-state index in [1.807, 2.05) is 7.05 Å². The van der Waals surface area contributed by atoms with E-state index in [0.29, 0.717) is 12.1 Å². The predicted octanol–water partition coefficient (Wildman–Crippen LogP) is 3.68. The number of hydrogen-bond donors (Lipinski definition) is 1. The van der Waals surface area contributed by atoms with Gasteiger partial charge in [-0.25, -0.2) is 0 Å². The minimum Gasteiger partial charge on any atom is -0.344 e. The second-order valence-corrected chi connectivity index (χ2v) is 5.52. The molecule has 0 bridgehead atoms. The van der Waals surface area contributed by atoms with Crippen molar-refractivity contribution < 1.29 is 0 Å². The van der Waals surface area contributed by atoms with E-state index in [1.54, 1.807) is 0 Å². The lowest BCUT2D eigenvalue weighted by molar-refractivity contribution is 0.598. The van der Waals surface area contributed by atoms with Crippen molar-refractivity contribution in [2.24, 2.45) is 0 Å². The van der Waals surface area contributed by atoms with E-state index in [2.05, 4.69) is 62.0 Å². The molecule has 1 atom stereocenters. The molecule has 0 saturated heterocycles. The van der Waals surface area contributed by atoms with Crippen molar-refractivity contribution in [2.75, 3.05) is 7.05 Å². The van der Waals surface area contributed by atoms with Crippen LogP contribution in [0.15, 0.2) is 24.4 Å². The lowest BCUT2D eigenvalue weighted by Gasteiger charge is -2.15. The van der Waals surface area contributed by atoms with Crippen LogP contribution in [0, 0.1) is 6.92 Å². The zero-order valence-corrected chi connectivity index (χ0v) is 12.1. The quantitative estimate of drug-likeness (QED) is 0.868. The third kappa shape index (κ3) is 2.30. The molecule has 0 spiro atoms. The average molecular weight is 244 g/mol. The number of para-hydroxylation sites is 1. The van der Waals surface area contributed by atoms with Crippen LogP contribution in [-0.4, -0.2) is 17.7 Å². The summed E-state index contributed by atoms with van der Waals surface area (Å²) in [5.41, 5.74) is 4.22. The SMILES string of the molecule is CNC(C)Cc1cccc2c(C)cn(C(C)C)c12. The number of likely N-dealkylation sites (N-methyl/N-ethyl adjacent to an activating group) is 1. The molecule has 2 rings (SSSR count). The lowest BCUT2D eigenvalue weighted by atomic mass is 10.0. The topological polar surface area (TPSA) is 17.0 Å². The monoisotopic (exact) mass is 244 g/mol. The van der Waals surface area contributed by atoms with Crippen LogP contribution < -0.4 is 5.32 Å². The third-order valence-electron chi connectivity index (χ3n) is 3.71. The number of nitrogens with one attached hydrogen (secondary N) is 1. The van der Waals surface area contributed by atoms with Crippen LogP contribution in [0.5, 0.6) is 0 Å². The molecule has 0 radical (unpaired) electrons. The smallest absolute Gasteiger partial charge is 0.0518 e. The van der Waals surface area contributed by atoms with Gasteiger partial charge in [0, 0.05) is 23.7 Å². The van der Waals surface area contributed by atoms with Crippen LogP contribution in [0.1, 0.15) is 37.9 Å². The second kappa shape index (κ2) is 5.15. The van der Waals surface area contributed by atoms with Gasteiger partial charge in [-0.1, -0.05) is 18.2 Å². The highest BCUT2D eigenvalue weighted by atomic mass is 15.0. The van der Waals surface area contributed by atoms with Crippen molar-refractivity contribution in [1.29, 1.82) is 0 Å². The fourth-order valence-corrected chi connectivity index (χ4v) is 2.56. The van der Waals surface area contributed by atoms with Crippen LogP contribution in [0.3, 0.4) is 0 Å². The highest BCUT2D eigenvalue weighted by molar-refractivity contribution is 5.86. The van der Waals surface area contributed by atoms with E-state index in [4.69, 9.17) is 0 Å². The van der Waals surface area contributed by atoms with Gasteiger partial charge in [0.2, 0.25) is 0 Å². The molecule has 2 aromatic rings. The van der Waals surface area contributed by atoms with E-state index in [-0.39, 0.29) is 0 Å². The predicted molar refractivity (Wildman–Crippen MR) is 79.3 cm³/mol. The maximum atomic E-state index is 3.32. The number of aromatic nitrogens is 1. The van der Waals surface area contributed by atoms with E-state index >= 15 is 0 Å². The molecule has 2 nitrogen and oxygen atoms in total. The van der Waals surface area contributed by atoms with Gasteiger partial charge in [0.25, 0.3) is 0 Å². The molecule has 0 aliphatic carbocycles. The van der Waals surface area contributed by atoms with Crippen LogP contribution >= 0.6 is 0 Å². The standard InChI is InChI=1S/C16H24N2/c1-11(2)18-10-12(3)15-8-6-7-14(16(15)18)9-13(4)17-5/h6-8,10-11,13,17H,9H2,1-5H3. The first-order chi connectivity index (χ1) is 8.54. The van der Waals surface area contributed by atoms with Crippen molar-refractivity contribution >= 4 is 10.9 Å². The number of rotatable bonds is 4. The van der Waals surface area contributed by atoms with E-state index in [0.717, 1.165) is 6.42 Å². The zero-order chi connectivity index (χ0) is 13.3. The van der Waals surface area contributed by atoms with Crippen LogP contribution in [-0.2, 0) is 6.42 Å². The summed E-state index contributed by atoms with van der Waals surface area (Å²) in [5.74, 6) is 0. The minimum absolute atomic E-state index is 0.506. The number of nitrogens with zero attached hydrogens (tertiary/aromatic N) is 1. The van der Waals surface area contributed by atoms with Gasteiger partial charge in [0.1, 0.15) is 0 Å². The Labute approximate surface area is 110 Å². The molecule has 1 N–H and O–H groups in total. The average Bonchev–Trinajstić information content (AvgIpc) is 2.68. The van der Waals surface area contributed by atoms with Gasteiger partial charge in [0.15, 0.2) is 0 Å². The number of hydrogen-bond acceptors (Lipinski definition) is 1. The van der Waals surface area contributed by atoms with Gasteiger partial charge >= 0.3 is 0 Å². The van der Waals surface area contributed by atoms with E-state index in [1.165, 1.54) is 22.0 Å². The number of fused-ring (bicyclic) bond motifs is 1. The molecule has 0 aliphatic rings. The Bertz CT molecular complexity index is 537. The molecule has 1 aromatic heterocycles. The van der Waals surface area contributed by atoms with Crippen LogP contribution in [0.25, 0.3) is 10.9 Å². The molecule has 0 amide bonds. The number of aryl methyl sites for hydroxylation is 1. The molecule has 1 unspecified atom stereocenters. The van der Waals surface area contributed by atoms with E-state index in [9.17, 15) is 0 Å². The van der Waals surface area contributed by atoms with E-state index < -0.39 is 0 Å².